The molecule has 1 amide bonds. The predicted molar refractivity (Wildman–Crippen MR) is 102 cm³/mol. The predicted octanol–water partition coefficient (Wildman–Crippen LogP) is 2.78. The van der Waals surface area contributed by atoms with Gasteiger partial charge in [-0.3, -0.25) is 9.59 Å². The zero-order chi connectivity index (χ0) is 21.8. The first-order valence-corrected chi connectivity index (χ1v) is 9.21. The first-order chi connectivity index (χ1) is 13.5. The van der Waals surface area contributed by atoms with Crippen LogP contribution in [0.4, 0.5) is 9.18 Å². The van der Waals surface area contributed by atoms with Gasteiger partial charge in [-0.15, -0.1) is 0 Å². The molecule has 1 heterocycles. The van der Waals surface area contributed by atoms with Crippen molar-refractivity contribution in [1.82, 2.24) is 4.90 Å². The smallest absolute Gasteiger partial charge is 0.410 e. The Morgan fingerprint density at radius 3 is 2.38 bits per heavy atom. The van der Waals surface area contributed by atoms with Gasteiger partial charge in [0.2, 0.25) is 0 Å². The molecule has 1 aromatic carbocycles. The van der Waals surface area contributed by atoms with Crippen LogP contribution in [0.25, 0.3) is 6.08 Å². The third-order valence-corrected chi connectivity index (χ3v) is 4.05. The fourth-order valence-corrected chi connectivity index (χ4v) is 2.76. The average Bonchev–Trinajstić information content (AvgIpc) is 2.63. The van der Waals surface area contributed by atoms with Gasteiger partial charge in [-0.25, -0.2) is 14.0 Å². The number of Topliss-reactive ketones (excluding diaryl/α,β-unsaturated/α-hetero) is 2. The highest BCUT2D eigenvalue weighted by Crippen LogP contribution is 2.24. The van der Waals surface area contributed by atoms with E-state index >= 15 is 0 Å². The number of carbonyl (C=O) groups excluding carboxylic acids is 4. The highest BCUT2D eigenvalue weighted by atomic mass is 19.1. The van der Waals surface area contributed by atoms with Crippen LogP contribution in [0, 0.1) is 11.7 Å². The lowest BCUT2D eigenvalue weighted by atomic mass is 9.88. The van der Waals surface area contributed by atoms with Gasteiger partial charge in [-0.05, 0) is 51.5 Å². The Kier molecular flexibility index (Phi) is 6.89. The zero-order valence-corrected chi connectivity index (χ0v) is 16.9. The second-order valence-electron chi connectivity index (χ2n) is 7.58. The van der Waals surface area contributed by atoms with Gasteiger partial charge in [0.25, 0.3) is 5.78 Å². The summed E-state index contributed by atoms with van der Waals surface area (Å²) in [5, 5.41) is 0. The number of piperidine rings is 1. The van der Waals surface area contributed by atoms with Crippen molar-refractivity contribution in [1.29, 1.82) is 0 Å². The molecule has 156 valence electrons. The van der Waals surface area contributed by atoms with Gasteiger partial charge in [0.05, 0.1) is 13.2 Å². The highest BCUT2D eigenvalue weighted by molar-refractivity contribution is 6.40. The number of esters is 1. The molecule has 1 unspecified atom stereocenters. The third-order valence-electron chi connectivity index (χ3n) is 4.05. The topological polar surface area (TPSA) is 90.0 Å². The maximum absolute atomic E-state index is 13.1. The number of amides is 1. The molecule has 2 rings (SSSR count). The van der Waals surface area contributed by atoms with E-state index in [1.54, 1.807) is 27.7 Å². The molecule has 1 atom stereocenters. The second kappa shape index (κ2) is 8.98. The van der Waals surface area contributed by atoms with E-state index in [1.165, 1.54) is 35.2 Å². The van der Waals surface area contributed by atoms with Crippen LogP contribution < -0.4 is 0 Å². The SMILES string of the molecule is CCOC(=O)C(=O)C1CN(C(=O)OC(C)(C)C)CC(=Cc2ccc(F)cc2)C1=O. The van der Waals surface area contributed by atoms with Crippen molar-refractivity contribution in [2.45, 2.75) is 33.3 Å². The summed E-state index contributed by atoms with van der Waals surface area (Å²) in [5.74, 6) is -4.55. The van der Waals surface area contributed by atoms with Gasteiger partial charge in [-0.2, -0.15) is 0 Å². The monoisotopic (exact) mass is 405 g/mol. The van der Waals surface area contributed by atoms with Gasteiger partial charge in [0, 0.05) is 12.1 Å². The summed E-state index contributed by atoms with van der Waals surface area (Å²) in [7, 11) is 0. The molecule has 29 heavy (non-hydrogen) atoms. The van der Waals surface area contributed by atoms with Crippen molar-refractivity contribution in [2.24, 2.45) is 5.92 Å². The van der Waals surface area contributed by atoms with Crippen LogP contribution in [0.1, 0.15) is 33.3 Å². The van der Waals surface area contributed by atoms with Crippen molar-refractivity contribution >= 4 is 29.7 Å². The van der Waals surface area contributed by atoms with Crippen molar-refractivity contribution < 1.29 is 33.0 Å². The van der Waals surface area contributed by atoms with Crippen LogP contribution in [-0.2, 0) is 23.9 Å². The number of rotatable bonds is 4. The van der Waals surface area contributed by atoms with Crippen LogP contribution in [0.2, 0.25) is 0 Å². The summed E-state index contributed by atoms with van der Waals surface area (Å²) in [4.78, 5) is 50.9. The molecule has 1 aromatic rings. The minimum atomic E-state index is -1.39. The first-order valence-electron chi connectivity index (χ1n) is 9.21. The Hall–Kier alpha value is -3.03. The lowest BCUT2D eigenvalue weighted by Gasteiger charge is -2.33. The normalized spacial score (nSPS) is 18.5. The molecule has 0 radical (unpaired) electrons. The van der Waals surface area contributed by atoms with Crippen LogP contribution >= 0.6 is 0 Å². The van der Waals surface area contributed by atoms with E-state index in [4.69, 9.17) is 9.47 Å². The van der Waals surface area contributed by atoms with E-state index in [9.17, 15) is 23.6 Å². The average molecular weight is 405 g/mol. The van der Waals surface area contributed by atoms with Crippen molar-refractivity contribution in [2.75, 3.05) is 19.7 Å². The zero-order valence-electron chi connectivity index (χ0n) is 16.9. The number of benzene rings is 1. The molecule has 1 saturated heterocycles. The van der Waals surface area contributed by atoms with Crippen LogP contribution in [0.5, 0.6) is 0 Å². The molecule has 0 spiro atoms. The summed E-state index contributed by atoms with van der Waals surface area (Å²) in [5.41, 5.74) is -0.125. The number of ether oxygens (including phenoxy) is 2. The molecular weight excluding hydrogens is 381 g/mol. The molecule has 7 nitrogen and oxygen atoms in total. The molecule has 0 N–H and O–H groups in total. The molecule has 0 aromatic heterocycles. The van der Waals surface area contributed by atoms with Crippen LogP contribution in [-0.4, -0.2) is 53.8 Å². The van der Waals surface area contributed by atoms with E-state index in [-0.39, 0.29) is 25.3 Å². The molecule has 8 heteroatoms. The maximum Gasteiger partial charge on any atom is 0.410 e. The summed E-state index contributed by atoms with van der Waals surface area (Å²) >= 11 is 0. The molecule has 1 aliphatic heterocycles. The van der Waals surface area contributed by atoms with Crippen molar-refractivity contribution in [3.8, 4) is 0 Å². The maximum atomic E-state index is 13.1. The molecule has 1 fully saturated rings. The summed E-state index contributed by atoms with van der Waals surface area (Å²) in [6.07, 6.45) is 0.751. The number of hydrogen-bond acceptors (Lipinski definition) is 6. The first kappa shape index (κ1) is 22.3. The van der Waals surface area contributed by atoms with Gasteiger partial charge in [-0.1, -0.05) is 12.1 Å². The Morgan fingerprint density at radius 1 is 1.21 bits per heavy atom. The number of hydrogen-bond donors (Lipinski definition) is 0. The van der Waals surface area contributed by atoms with Gasteiger partial charge < -0.3 is 14.4 Å². The number of ketones is 2. The van der Waals surface area contributed by atoms with E-state index in [2.05, 4.69) is 0 Å². The van der Waals surface area contributed by atoms with E-state index in [1.807, 2.05) is 0 Å². The molecule has 0 aliphatic carbocycles. The Bertz CT molecular complexity index is 838. The highest BCUT2D eigenvalue weighted by Gasteiger charge is 2.41. The standard InChI is InChI=1S/C21H24FNO6/c1-5-28-19(26)18(25)16-12-23(20(27)29-21(2,3)4)11-14(17(16)24)10-13-6-8-15(22)9-7-13/h6-10,16H,5,11-12H2,1-4H3. The van der Waals surface area contributed by atoms with Gasteiger partial charge in [0.15, 0.2) is 5.78 Å². The lowest BCUT2D eigenvalue weighted by Crippen LogP contribution is -2.51. The summed E-state index contributed by atoms with van der Waals surface area (Å²) < 4.78 is 23.2. The van der Waals surface area contributed by atoms with Gasteiger partial charge >= 0.3 is 12.1 Å². The van der Waals surface area contributed by atoms with E-state index in [0.29, 0.717) is 5.56 Å². The minimum absolute atomic E-state index is 0.0143. The van der Waals surface area contributed by atoms with Gasteiger partial charge in [0.1, 0.15) is 17.3 Å². The number of likely N-dealkylation sites (tertiary alicyclic amines) is 1. The second-order valence-corrected chi connectivity index (χ2v) is 7.58. The molecular formula is C21H24FNO6. The third kappa shape index (κ3) is 5.97. The lowest BCUT2D eigenvalue weighted by molar-refractivity contribution is -0.157. The fraction of sp³-hybridized carbons (Fsp3) is 0.429. The Balaban J connectivity index is 2.37. The minimum Gasteiger partial charge on any atom is -0.460 e. The fourth-order valence-electron chi connectivity index (χ4n) is 2.76. The molecule has 0 saturated carbocycles. The van der Waals surface area contributed by atoms with Crippen LogP contribution in [0.15, 0.2) is 29.8 Å². The van der Waals surface area contributed by atoms with E-state index in [0.717, 1.165) is 0 Å². The molecule has 1 aliphatic rings. The largest absolute Gasteiger partial charge is 0.460 e. The molecule has 0 bridgehead atoms. The van der Waals surface area contributed by atoms with Crippen molar-refractivity contribution in [3.63, 3.8) is 0 Å². The van der Waals surface area contributed by atoms with Crippen LogP contribution in [0.3, 0.4) is 0 Å². The quantitative estimate of drug-likeness (QED) is 0.331. The van der Waals surface area contributed by atoms with E-state index < -0.39 is 41.0 Å². The Labute approximate surface area is 168 Å². The summed E-state index contributed by atoms with van der Waals surface area (Å²) in [6, 6.07) is 5.38. The Morgan fingerprint density at radius 2 is 1.83 bits per heavy atom. The number of nitrogens with zero attached hydrogens (tertiary/aromatic N) is 1. The number of carbonyl (C=O) groups is 4. The van der Waals surface area contributed by atoms with Crippen molar-refractivity contribution in [3.05, 3.63) is 41.2 Å². The number of halogens is 1. The summed E-state index contributed by atoms with van der Waals surface area (Å²) in [6.45, 7) is 6.22.